The predicted octanol–water partition coefficient (Wildman–Crippen LogP) is 4.75. The molecule has 0 bridgehead atoms. The molecule has 0 saturated heterocycles. The van der Waals surface area contributed by atoms with Crippen LogP contribution in [-0.4, -0.2) is 34.6 Å². The number of hydroxylamine groups is 1. The highest BCUT2D eigenvalue weighted by molar-refractivity contribution is 6.33. The van der Waals surface area contributed by atoms with Gasteiger partial charge in [-0.1, -0.05) is 31.5 Å². The maximum atomic E-state index is 12.5. The predicted molar refractivity (Wildman–Crippen MR) is 120 cm³/mol. The molecule has 0 spiro atoms. The van der Waals surface area contributed by atoms with Crippen molar-refractivity contribution in [3.63, 3.8) is 0 Å². The minimum absolute atomic E-state index is 0.0486. The third kappa shape index (κ3) is 5.10. The summed E-state index contributed by atoms with van der Waals surface area (Å²) in [4.78, 5) is 30.5. The SMILES string of the molecule is CCONC(=O)c1c(Nc2cccc(-c3cnc(C(C)C)cn3)c2OC)ccnc1Cl. The minimum Gasteiger partial charge on any atom is -0.494 e. The lowest BCUT2D eigenvalue weighted by Gasteiger charge is -2.17. The molecule has 8 nitrogen and oxygen atoms in total. The Morgan fingerprint density at radius 2 is 1.94 bits per heavy atom. The van der Waals surface area contributed by atoms with Gasteiger partial charge < -0.3 is 10.1 Å². The van der Waals surface area contributed by atoms with Crippen LogP contribution in [0.2, 0.25) is 5.15 Å². The van der Waals surface area contributed by atoms with Crippen LogP contribution in [0.25, 0.3) is 11.3 Å². The van der Waals surface area contributed by atoms with E-state index in [2.05, 4.69) is 39.6 Å². The zero-order valence-electron chi connectivity index (χ0n) is 17.8. The van der Waals surface area contributed by atoms with Crippen molar-refractivity contribution in [1.82, 2.24) is 20.4 Å². The average molecular weight is 442 g/mol. The molecule has 0 aliphatic carbocycles. The summed E-state index contributed by atoms with van der Waals surface area (Å²) in [6, 6.07) is 7.24. The molecule has 3 aromatic rings. The Bertz CT molecular complexity index is 1060. The molecule has 2 heterocycles. The molecular formula is C22H24ClN5O3. The van der Waals surface area contributed by atoms with Crippen molar-refractivity contribution in [3.8, 4) is 17.0 Å². The number of ether oxygens (including phenoxy) is 1. The Hall–Kier alpha value is -3.23. The number of hydrogen-bond donors (Lipinski definition) is 2. The van der Waals surface area contributed by atoms with Gasteiger partial charge in [0.1, 0.15) is 10.7 Å². The van der Waals surface area contributed by atoms with Crippen molar-refractivity contribution in [3.05, 3.63) is 59.3 Å². The third-order valence-electron chi connectivity index (χ3n) is 4.47. The molecular weight excluding hydrogens is 418 g/mol. The number of halogens is 1. The van der Waals surface area contributed by atoms with Crippen LogP contribution < -0.4 is 15.5 Å². The Morgan fingerprint density at radius 3 is 2.58 bits per heavy atom. The van der Waals surface area contributed by atoms with Crippen molar-refractivity contribution in [2.45, 2.75) is 26.7 Å². The Kier molecular flexibility index (Phi) is 7.38. The molecule has 1 aromatic carbocycles. The van der Waals surface area contributed by atoms with Crippen LogP contribution in [0, 0.1) is 0 Å². The third-order valence-corrected chi connectivity index (χ3v) is 4.76. The van der Waals surface area contributed by atoms with Gasteiger partial charge in [0, 0.05) is 18.0 Å². The normalized spacial score (nSPS) is 10.8. The lowest BCUT2D eigenvalue weighted by Crippen LogP contribution is -2.25. The van der Waals surface area contributed by atoms with Gasteiger partial charge in [-0.3, -0.25) is 19.6 Å². The molecule has 3 rings (SSSR count). The lowest BCUT2D eigenvalue weighted by molar-refractivity contribution is 0.0365. The fraction of sp³-hybridized carbons (Fsp3) is 0.273. The van der Waals surface area contributed by atoms with Crippen LogP contribution in [0.3, 0.4) is 0 Å². The van der Waals surface area contributed by atoms with Gasteiger partial charge >= 0.3 is 0 Å². The van der Waals surface area contributed by atoms with E-state index in [0.29, 0.717) is 29.4 Å². The Balaban J connectivity index is 1.99. The Morgan fingerprint density at radius 1 is 1.13 bits per heavy atom. The largest absolute Gasteiger partial charge is 0.494 e. The molecule has 1 amide bonds. The molecule has 31 heavy (non-hydrogen) atoms. The second-order valence-electron chi connectivity index (χ2n) is 6.88. The van der Waals surface area contributed by atoms with E-state index in [-0.39, 0.29) is 16.6 Å². The summed E-state index contributed by atoms with van der Waals surface area (Å²) in [6.07, 6.45) is 4.99. The summed E-state index contributed by atoms with van der Waals surface area (Å²) in [5.41, 5.74) is 5.92. The van der Waals surface area contributed by atoms with E-state index in [1.165, 1.54) is 6.20 Å². The van der Waals surface area contributed by atoms with E-state index in [0.717, 1.165) is 11.3 Å². The molecule has 0 fully saturated rings. The fourth-order valence-electron chi connectivity index (χ4n) is 2.92. The van der Waals surface area contributed by atoms with Gasteiger partial charge in [-0.05, 0) is 31.0 Å². The number of nitrogens with one attached hydrogen (secondary N) is 2. The molecule has 0 unspecified atom stereocenters. The fourth-order valence-corrected chi connectivity index (χ4v) is 3.17. The molecule has 0 radical (unpaired) electrons. The van der Waals surface area contributed by atoms with E-state index in [1.807, 2.05) is 18.2 Å². The number of carbonyl (C=O) groups excluding carboxylic acids is 1. The number of rotatable bonds is 8. The molecule has 0 saturated carbocycles. The van der Waals surface area contributed by atoms with Crippen LogP contribution in [0.1, 0.15) is 42.7 Å². The second-order valence-corrected chi connectivity index (χ2v) is 7.24. The van der Waals surface area contributed by atoms with E-state index in [1.54, 1.807) is 32.5 Å². The first-order valence-electron chi connectivity index (χ1n) is 9.79. The number of pyridine rings is 1. The number of para-hydroxylation sites is 1. The number of anilines is 2. The standard InChI is InChI=1S/C22H24ClN5O3/c1-5-31-28-22(29)19-15(9-10-24-21(19)23)27-16-8-6-7-14(20(16)30-4)18-12-25-17(11-26-18)13(2)3/h6-13H,5H2,1-4H3,(H,24,27)(H,28,29). The van der Waals surface area contributed by atoms with Crippen LogP contribution >= 0.6 is 11.6 Å². The molecule has 162 valence electrons. The number of nitrogens with zero attached hydrogens (tertiary/aromatic N) is 3. The van der Waals surface area contributed by atoms with Crippen molar-refractivity contribution in [1.29, 1.82) is 0 Å². The first kappa shape index (κ1) is 22.5. The molecule has 2 N–H and O–H groups in total. The van der Waals surface area contributed by atoms with Gasteiger partial charge in [0.2, 0.25) is 0 Å². The topological polar surface area (TPSA) is 98.3 Å². The number of benzene rings is 1. The van der Waals surface area contributed by atoms with Crippen molar-refractivity contribution >= 4 is 28.9 Å². The lowest BCUT2D eigenvalue weighted by atomic mass is 10.1. The molecule has 0 aliphatic heterocycles. The molecule has 9 heteroatoms. The van der Waals surface area contributed by atoms with E-state index in [9.17, 15) is 4.79 Å². The van der Waals surface area contributed by atoms with Crippen LogP contribution in [0.5, 0.6) is 5.75 Å². The average Bonchev–Trinajstić information content (AvgIpc) is 2.77. The maximum absolute atomic E-state index is 12.5. The first-order chi connectivity index (χ1) is 15.0. The summed E-state index contributed by atoms with van der Waals surface area (Å²) < 4.78 is 5.67. The Labute approximate surface area is 186 Å². The summed E-state index contributed by atoms with van der Waals surface area (Å²) >= 11 is 6.19. The quantitative estimate of drug-likeness (QED) is 0.384. The maximum Gasteiger partial charge on any atom is 0.280 e. The van der Waals surface area contributed by atoms with E-state index >= 15 is 0 Å². The highest BCUT2D eigenvalue weighted by Crippen LogP contribution is 2.38. The summed E-state index contributed by atoms with van der Waals surface area (Å²) in [6.45, 7) is 6.21. The van der Waals surface area contributed by atoms with Crippen molar-refractivity contribution < 1.29 is 14.4 Å². The van der Waals surface area contributed by atoms with Gasteiger partial charge in [-0.2, -0.15) is 0 Å². The summed E-state index contributed by atoms with van der Waals surface area (Å²) in [5, 5.41) is 3.26. The number of hydrogen-bond acceptors (Lipinski definition) is 7. The molecule has 2 aromatic heterocycles. The monoisotopic (exact) mass is 441 g/mol. The highest BCUT2D eigenvalue weighted by Gasteiger charge is 2.19. The van der Waals surface area contributed by atoms with Gasteiger partial charge in [0.15, 0.2) is 5.75 Å². The second kappa shape index (κ2) is 10.2. The van der Waals surface area contributed by atoms with E-state index in [4.69, 9.17) is 21.2 Å². The minimum atomic E-state index is -0.507. The summed E-state index contributed by atoms with van der Waals surface area (Å²) in [5.74, 6) is 0.333. The number of carbonyl (C=O) groups is 1. The van der Waals surface area contributed by atoms with Gasteiger partial charge in [0.05, 0.1) is 42.7 Å². The van der Waals surface area contributed by atoms with Gasteiger partial charge in [-0.25, -0.2) is 10.5 Å². The summed E-state index contributed by atoms with van der Waals surface area (Å²) in [7, 11) is 1.57. The zero-order chi connectivity index (χ0) is 22.4. The van der Waals surface area contributed by atoms with Crippen LogP contribution in [-0.2, 0) is 4.84 Å². The van der Waals surface area contributed by atoms with Crippen LogP contribution in [0.15, 0.2) is 42.9 Å². The molecule has 0 atom stereocenters. The van der Waals surface area contributed by atoms with Crippen molar-refractivity contribution in [2.75, 3.05) is 19.0 Å². The molecule has 0 aliphatic rings. The zero-order valence-corrected chi connectivity index (χ0v) is 18.5. The van der Waals surface area contributed by atoms with Crippen LogP contribution in [0.4, 0.5) is 11.4 Å². The van der Waals surface area contributed by atoms with Gasteiger partial charge in [-0.15, -0.1) is 0 Å². The first-order valence-corrected chi connectivity index (χ1v) is 10.2. The number of methoxy groups -OCH3 is 1. The number of aromatic nitrogens is 3. The van der Waals surface area contributed by atoms with Crippen molar-refractivity contribution in [2.24, 2.45) is 0 Å². The number of amides is 1. The van der Waals surface area contributed by atoms with Gasteiger partial charge in [0.25, 0.3) is 5.91 Å². The highest BCUT2D eigenvalue weighted by atomic mass is 35.5. The smallest absolute Gasteiger partial charge is 0.280 e. The van der Waals surface area contributed by atoms with E-state index < -0.39 is 5.91 Å².